The summed E-state index contributed by atoms with van der Waals surface area (Å²) < 4.78 is 68.9. The third-order valence-electron chi connectivity index (χ3n) is 6.51. The van der Waals surface area contributed by atoms with Gasteiger partial charge in [0.25, 0.3) is 5.60 Å². The van der Waals surface area contributed by atoms with E-state index in [1.165, 1.54) is 0 Å². The van der Waals surface area contributed by atoms with E-state index in [1.807, 2.05) is 0 Å². The molecule has 5 rings (SSSR count). The molecule has 1 saturated heterocycles. The number of anilines is 1. The average Bonchev–Trinajstić information content (AvgIpc) is 3.09. The van der Waals surface area contributed by atoms with E-state index in [1.54, 1.807) is 0 Å². The van der Waals surface area contributed by atoms with E-state index in [0.29, 0.717) is 0 Å². The van der Waals surface area contributed by atoms with Crippen LogP contribution in [0, 0.1) is 0 Å². The highest BCUT2D eigenvalue weighted by atomic mass is 35.5. The summed E-state index contributed by atoms with van der Waals surface area (Å²) in [6.45, 7) is -0.783. The molecule has 0 bridgehead atoms. The van der Waals surface area contributed by atoms with Crippen LogP contribution in [0.4, 0.5) is 23.4 Å². The van der Waals surface area contributed by atoms with Crippen molar-refractivity contribution in [3.8, 4) is 5.75 Å². The van der Waals surface area contributed by atoms with E-state index in [0.717, 1.165) is 35.2 Å². The number of nitrogen functional groups attached to an aromatic ring is 1. The zero-order chi connectivity index (χ0) is 28.5. The van der Waals surface area contributed by atoms with E-state index in [2.05, 4.69) is 19.7 Å². The van der Waals surface area contributed by atoms with Gasteiger partial charge in [-0.3, -0.25) is 4.57 Å². The molecule has 2 fully saturated rings. The fourth-order valence-corrected chi connectivity index (χ4v) is 4.72. The van der Waals surface area contributed by atoms with Gasteiger partial charge in [0.1, 0.15) is 30.1 Å². The molecule has 5 N–H and O–H groups in total. The summed E-state index contributed by atoms with van der Waals surface area (Å²) in [5.74, 6) is -7.77. The van der Waals surface area contributed by atoms with Crippen LogP contribution in [0.3, 0.4) is 0 Å². The third kappa shape index (κ3) is 4.08. The molecule has 2 aromatic heterocycles. The van der Waals surface area contributed by atoms with Crippen molar-refractivity contribution in [2.45, 2.75) is 42.0 Å². The number of imidazole rings is 1. The van der Waals surface area contributed by atoms with Crippen LogP contribution in [0.2, 0.25) is 5.28 Å². The normalized spacial score (nSPS) is 26.4. The summed E-state index contributed by atoms with van der Waals surface area (Å²) in [7, 11) is 0. The number of nitrogens with zero attached hydrogens (tertiary/aromatic N) is 4. The van der Waals surface area contributed by atoms with Crippen LogP contribution >= 0.6 is 11.6 Å². The minimum absolute atomic E-state index is 0.0649. The summed E-state index contributed by atoms with van der Waals surface area (Å²) >= 11 is 5.81. The molecule has 1 unspecified atom stereocenters. The fourth-order valence-electron chi connectivity index (χ4n) is 4.55. The van der Waals surface area contributed by atoms with Gasteiger partial charge < -0.3 is 35.3 Å². The highest BCUT2D eigenvalue weighted by molar-refractivity contribution is 6.28. The van der Waals surface area contributed by atoms with E-state index >= 15 is 4.39 Å². The zero-order valence-electron chi connectivity index (χ0n) is 19.1. The second kappa shape index (κ2) is 8.60. The Balaban J connectivity index is 1.46. The predicted molar refractivity (Wildman–Crippen MR) is 118 cm³/mol. The van der Waals surface area contributed by atoms with Gasteiger partial charge in [-0.15, -0.1) is 13.2 Å². The topological polar surface area (TPSA) is 192 Å². The summed E-state index contributed by atoms with van der Waals surface area (Å²) in [5.41, 5.74) is -0.353. The Morgan fingerprint density at radius 2 is 1.85 bits per heavy atom. The number of alkyl halides is 4. The van der Waals surface area contributed by atoms with Gasteiger partial charge >= 0.3 is 18.3 Å². The van der Waals surface area contributed by atoms with E-state index < -0.39 is 66.3 Å². The van der Waals surface area contributed by atoms with Gasteiger partial charge in [0.15, 0.2) is 17.1 Å². The largest absolute Gasteiger partial charge is 0.573 e. The van der Waals surface area contributed by atoms with Gasteiger partial charge in [-0.2, -0.15) is 9.97 Å². The first-order chi connectivity index (χ1) is 18.1. The van der Waals surface area contributed by atoms with Crippen LogP contribution in [0.5, 0.6) is 5.75 Å². The van der Waals surface area contributed by atoms with Crippen LogP contribution < -0.4 is 10.5 Å². The van der Waals surface area contributed by atoms with Gasteiger partial charge in [-0.05, 0) is 29.3 Å². The molecule has 3 aromatic rings. The van der Waals surface area contributed by atoms with Crippen molar-refractivity contribution < 1.29 is 56.7 Å². The zero-order valence-corrected chi connectivity index (χ0v) is 19.9. The van der Waals surface area contributed by atoms with Gasteiger partial charge in [0.2, 0.25) is 11.1 Å². The third-order valence-corrected chi connectivity index (χ3v) is 6.68. The number of ether oxygens (including phenoxy) is 3. The number of aliphatic hydroxyl groups is 1. The SMILES string of the molecule is Nc1nc(Cl)nc2c1ncn2[C@]1(F)CO[C@@H]2C(OC(Cc3ccc(OC(F)(F)F)cc3)(C(=O)O)C(=O)O)[C@@]21O. The Morgan fingerprint density at radius 3 is 2.44 bits per heavy atom. The smallest absolute Gasteiger partial charge is 0.479 e. The maximum absolute atomic E-state index is 16.4. The minimum atomic E-state index is -4.99. The number of aromatic nitrogens is 4. The molecule has 18 heteroatoms. The number of carboxylic acid groups (broad SMARTS) is 2. The van der Waals surface area contributed by atoms with Crippen molar-refractivity contribution in [2.75, 3.05) is 12.3 Å². The van der Waals surface area contributed by atoms with Gasteiger partial charge in [-0.25, -0.2) is 19.0 Å². The van der Waals surface area contributed by atoms with E-state index in [4.69, 9.17) is 26.8 Å². The van der Waals surface area contributed by atoms with Crippen molar-refractivity contribution in [1.82, 2.24) is 19.5 Å². The van der Waals surface area contributed by atoms with E-state index in [9.17, 15) is 38.1 Å². The highest BCUT2D eigenvalue weighted by Crippen LogP contribution is 2.60. The molecule has 1 aliphatic heterocycles. The molecule has 2 aliphatic rings. The molecule has 0 amide bonds. The lowest BCUT2D eigenvalue weighted by Gasteiger charge is -2.31. The lowest BCUT2D eigenvalue weighted by Crippen LogP contribution is -2.54. The summed E-state index contributed by atoms with van der Waals surface area (Å²) in [5, 5.41) is 30.6. The van der Waals surface area contributed by atoms with Crippen LogP contribution in [-0.2, 0) is 31.3 Å². The van der Waals surface area contributed by atoms with Gasteiger partial charge in [0.05, 0.1) is 6.33 Å². The molecule has 0 radical (unpaired) electrons. The molecule has 3 heterocycles. The van der Waals surface area contributed by atoms with Crippen molar-refractivity contribution in [3.63, 3.8) is 0 Å². The molecule has 0 spiro atoms. The van der Waals surface area contributed by atoms with Crippen molar-refractivity contribution in [2.24, 2.45) is 0 Å². The number of hydrogen-bond donors (Lipinski definition) is 4. The monoisotopic (exact) mass is 577 g/mol. The number of carboxylic acids is 2. The Kier molecular flexibility index (Phi) is 5.91. The number of fused-ring (bicyclic) bond motifs is 2. The second-order valence-electron chi connectivity index (χ2n) is 8.83. The van der Waals surface area contributed by atoms with Gasteiger partial charge in [0, 0.05) is 6.42 Å². The summed E-state index contributed by atoms with van der Waals surface area (Å²) in [6.07, 6.45) is -8.30. The molecular weight excluding hydrogens is 562 g/mol. The number of benzene rings is 1. The molecule has 13 nitrogen and oxygen atoms in total. The first-order valence-electron chi connectivity index (χ1n) is 10.8. The van der Waals surface area contributed by atoms with Crippen LogP contribution in [0.15, 0.2) is 30.6 Å². The number of hydrogen-bond acceptors (Lipinski definition) is 10. The average molecular weight is 578 g/mol. The van der Waals surface area contributed by atoms with E-state index in [-0.39, 0.29) is 27.8 Å². The standard InChI is InChI=1S/C21H16ClF4N5O8/c22-17-29-13(27)10-14(30-17)31(7-28-10)19(23)6-37-11-12(20(11,19)36)39-18(15(32)33,16(34)35)5-8-1-3-9(4-2-8)38-21(24,25)26/h1-4,7,11-12,36H,5-6H2,(H,32,33)(H,34,35)(H2,27,29,30)/t11-,12?,19-,20+/m1/s1. The fraction of sp³-hybridized carbons (Fsp3) is 0.381. The number of aliphatic carboxylic acids is 2. The molecule has 39 heavy (non-hydrogen) atoms. The minimum Gasteiger partial charge on any atom is -0.479 e. The van der Waals surface area contributed by atoms with Crippen molar-refractivity contribution in [1.29, 1.82) is 0 Å². The maximum atomic E-state index is 16.4. The number of halogens is 5. The second-order valence-corrected chi connectivity index (χ2v) is 9.16. The lowest BCUT2D eigenvalue weighted by atomic mass is 9.94. The molecule has 208 valence electrons. The van der Waals surface area contributed by atoms with Crippen LogP contribution in [-0.4, -0.2) is 83.2 Å². The van der Waals surface area contributed by atoms with Crippen LogP contribution in [0.25, 0.3) is 11.2 Å². The van der Waals surface area contributed by atoms with Crippen molar-refractivity contribution in [3.05, 3.63) is 41.4 Å². The lowest BCUT2D eigenvalue weighted by molar-refractivity contribution is -0.274. The molecule has 1 saturated carbocycles. The Labute approximate surface area is 218 Å². The first kappa shape index (κ1) is 26.8. The summed E-state index contributed by atoms with van der Waals surface area (Å²) in [6, 6.07) is 3.67. The first-order valence-corrected chi connectivity index (χ1v) is 11.2. The quantitative estimate of drug-likeness (QED) is 0.170. The van der Waals surface area contributed by atoms with Crippen LogP contribution in [0.1, 0.15) is 5.56 Å². The van der Waals surface area contributed by atoms with Crippen molar-refractivity contribution >= 4 is 40.5 Å². The Bertz CT molecular complexity index is 1470. The highest BCUT2D eigenvalue weighted by Gasteiger charge is 2.85. The molecule has 1 aromatic carbocycles. The molecule has 4 atom stereocenters. The predicted octanol–water partition coefficient (Wildman–Crippen LogP) is 1.26. The van der Waals surface area contributed by atoms with Gasteiger partial charge in [-0.1, -0.05) is 12.1 Å². The number of nitrogens with two attached hydrogens (primary N) is 1. The number of rotatable bonds is 8. The maximum Gasteiger partial charge on any atom is 0.573 e. The Hall–Kier alpha value is -3.80. The summed E-state index contributed by atoms with van der Waals surface area (Å²) in [4.78, 5) is 35.9. The molecule has 1 aliphatic carbocycles. The molecular formula is C21H16ClF4N5O8. The number of carbonyl (C=O) groups is 2. The Morgan fingerprint density at radius 1 is 1.21 bits per heavy atom.